The van der Waals surface area contributed by atoms with Crippen LogP contribution in [-0.2, 0) is 19.3 Å². The fourth-order valence-corrected chi connectivity index (χ4v) is 5.06. The molecule has 31 heavy (non-hydrogen) atoms. The fourth-order valence-electron chi connectivity index (χ4n) is 5.06. The molecule has 158 valence electrons. The molecular weight excluding hydrogens is 389 g/mol. The van der Waals surface area contributed by atoms with E-state index in [9.17, 15) is 4.39 Å². The van der Waals surface area contributed by atoms with E-state index in [1.54, 1.807) is 12.1 Å². The van der Waals surface area contributed by atoms with Crippen LogP contribution in [0.3, 0.4) is 0 Å². The van der Waals surface area contributed by atoms with Gasteiger partial charge in [0.15, 0.2) is 11.6 Å². The van der Waals surface area contributed by atoms with Gasteiger partial charge < -0.3 is 15.0 Å². The van der Waals surface area contributed by atoms with Crippen LogP contribution in [-0.4, -0.2) is 29.2 Å². The molecule has 0 radical (unpaired) electrons. The molecule has 0 amide bonds. The lowest BCUT2D eigenvalue weighted by atomic mass is 9.88. The number of para-hydroxylation sites is 1. The average Bonchev–Trinajstić information content (AvgIpc) is 3.50. The van der Waals surface area contributed by atoms with E-state index in [0.717, 1.165) is 41.6 Å². The van der Waals surface area contributed by atoms with E-state index in [-0.39, 0.29) is 11.6 Å². The van der Waals surface area contributed by atoms with Gasteiger partial charge in [-0.1, -0.05) is 24.3 Å². The molecule has 0 aliphatic heterocycles. The zero-order valence-corrected chi connectivity index (χ0v) is 17.7. The number of aromatic nitrogens is 2. The predicted molar refractivity (Wildman–Crippen MR) is 121 cm³/mol. The number of pyridine rings is 1. The second-order valence-corrected chi connectivity index (χ2v) is 8.93. The average molecular weight is 416 g/mol. The number of nitrogens with zero attached hydrogens (tertiary/aromatic N) is 1. The van der Waals surface area contributed by atoms with Gasteiger partial charge in [0.25, 0.3) is 0 Å². The van der Waals surface area contributed by atoms with E-state index in [1.165, 1.54) is 42.0 Å². The molecule has 2 aliphatic rings. The summed E-state index contributed by atoms with van der Waals surface area (Å²) in [5, 5.41) is 6.37. The Labute approximate surface area is 180 Å². The zero-order valence-electron chi connectivity index (χ0n) is 17.7. The summed E-state index contributed by atoms with van der Waals surface area (Å²) in [7, 11) is 1.49. The molecule has 0 spiro atoms. The predicted octanol–water partition coefficient (Wildman–Crippen LogP) is 5.06. The molecule has 1 unspecified atom stereocenters. The van der Waals surface area contributed by atoms with Crippen molar-refractivity contribution >= 4 is 21.8 Å². The molecule has 2 N–H and O–H groups in total. The highest BCUT2D eigenvalue weighted by atomic mass is 19.1. The van der Waals surface area contributed by atoms with E-state index in [1.807, 2.05) is 6.07 Å². The Morgan fingerprint density at radius 3 is 2.81 bits per heavy atom. The molecule has 4 aromatic rings. The summed E-state index contributed by atoms with van der Waals surface area (Å²) in [6, 6.07) is 14.9. The molecule has 2 aliphatic carbocycles. The van der Waals surface area contributed by atoms with Crippen molar-refractivity contribution in [3.05, 3.63) is 70.8 Å². The Morgan fingerprint density at radius 2 is 2.00 bits per heavy atom. The van der Waals surface area contributed by atoms with Gasteiger partial charge in [0.1, 0.15) is 0 Å². The largest absolute Gasteiger partial charge is 0.494 e. The van der Waals surface area contributed by atoms with E-state index >= 15 is 0 Å². The molecule has 1 fully saturated rings. The minimum atomic E-state index is -0.333. The second-order valence-electron chi connectivity index (χ2n) is 8.93. The fraction of sp³-hybridized carbons (Fsp3) is 0.346. The topological polar surface area (TPSA) is 49.9 Å². The number of methoxy groups -OCH3 is 1. The van der Waals surface area contributed by atoms with Crippen molar-refractivity contribution in [1.82, 2.24) is 15.3 Å². The van der Waals surface area contributed by atoms with Gasteiger partial charge in [0, 0.05) is 40.5 Å². The van der Waals surface area contributed by atoms with Crippen molar-refractivity contribution < 1.29 is 9.13 Å². The van der Waals surface area contributed by atoms with Gasteiger partial charge in [-0.3, -0.25) is 4.98 Å². The number of hydrogen-bond donors (Lipinski definition) is 2. The molecule has 4 nitrogen and oxygen atoms in total. The zero-order chi connectivity index (χ0) is 20.9. The molecule has 1 atom stereocenters. The maximum atomic E-state index is 14.3. The van der Waals surface area contributed by atoms with Crippen molar-refractivity contribution in [3.63, 3.8) is 0 Å². The Hall–Kier alpha value is -2.92. The van der Waals surface area contributed by atoms with E-state index in [2.05, 4.69) is 34.6 Å². The number of aryl methyl sites for hydroxylation is 1. The number of fused-ring (bicyclic) bond motifs is 5. The summed E-state index contributed by atoms with van der Waals surface area (Å²) < 4.78 is 19.4. The number of benzene rings is 2. The Balaban J connectivity index is 1.47. The Bertz CT molecular complexity index is 1290. The van der Waals surface area contributed by atoms with Crippen LogP contribution in [0.5, 0.6) is 5.75 Å². The molecular formula is C26H26FN3O. The molecule has 0 saturated heterocycles. The summed E-state index contributed by atoms with van der Waals surface area (Å²) in [5.74, 6) is -0.0630. The third-order valence-electron chi connectivity index (χ3n) is 6.73. The van der Waals surface area contributed by atoms with E-state index in [0.29, 0.717) is 18.5 Å². The number of halogens is 1. The van der Waals surface area contributed by atoms with Gasteiger partial charge >= 0.3 is 0 Å². The Morgan fingerprint density at radius 1 is 1.13 bits per heavy atom. The number of hydrogen-bond acceptors (Lipinski definition) is 3. The lowest BCUT2D eigenvalue weighted by molar-refractivity contribution is 0.386. The lowest BCUT2D eigenvalue weighted by Gasteiger charge is -2.26. The van der Waals surface area contributed by atoms with Crippen LogP contribution in [0.1, 0.15) is 41.8 Å². The quantitative estimate of drug-likeness (QED) is 0.479. The van der Waals surface area contributed by atoms with Crippen LogP contribution in [0.15, 0.2) is 42.5 Å². The maximum absolute atomic E-state index is 14.3. The number of H-pyrrole nitrogens is 1. The van der Waals surface area contributed by atoms with E-state index in [4.69, 9.17) is 9.72 Å². The molecule has 2 heterocycles. The monoisotopic (exact) mass is 415 g/mol. The number of aromatic amines is 1. The van der Waals surface area contributed by atoms with Crippen molar-refractivity contribution in [1.29, 1.82) is 0 Å². The second kappa shape index (κ2) is 7.34. The van der Waals surface area contributed by atoms with Gasteiger partial charge in [-0.15, -0.1) is 0 Å². The summed E-state index contributed by atoms with van der Waals surface area (Å²) in [5.41, 5.74) is 6.69. The maximum Gasteiger partial charge on any atom is 0.165 e. The highest BCUT2D eigenvalue weighted by molar-refractivity contribution is 6.10. The van der Waals surface area contributed by atoms with Gasteiger partial charge in [-0.25, -0.2) is 4.39 Å². The highest BCUT2D eigenvalue weighted by Crippen LogP contribution is 2.36. The van der Waals surface area contributed by atoms with Crippen molar-refractivity contribution in [2.75, 3.05) is 7.11 Å². The third-order valence-corrected chi connectivity index (χ3v) is 6.73. The number of rotatable bonds is 5. The molecule has 0 bridgehead atoms. The Kier molecular flexibility index (Phi) is 4.46. The van der Waals surface area contributed by atoms with Crippen LogP contribution in [0, 0.1) is 5.82 Å². The summed E-state index contributed by atoms with van der Waals surface area (Å²) >= 11 is 0. The molecule has 5 heteroatoms. The van der Waals surface area contributed by atoms with Crippen molar-refractivity contribution in [3.8, 4) is 5.75 Å². The van der Waals surface area contributed by atoms with Gasteiger partial charge in [-0.2, -0.15) is 0 Å². The minimum Gasteiger partial charge on any atom is -0.494 e. The van der Waals surface area contributed by atoms with Gasteiger partial charge in [-0.05, 0) is 61.4 Å². The summed E-state index contributed by atoms with van der Waals surface area (Å²) in [4.78, 5) is 8.74. The van der Waals surface area contributed by atoms with Crippen molar-refractivity contribution in [2.24, 2.45) is 0 Å². The first-order valence-corrected chi connectivity index (χ1v) is 11.2. The van der Waals surface area contributed by atoms with Crippen LogP contribution in [0.4, 0.5) is 4.39 Å². The first-order chi connectivity index (χ1) is 15.2. The summed E-state index contributed by atoms with van der Waals surface area (Å²) in [6.07, 6.45) is 6.33. The standard InChI is InChI=1S/C26H26FN3O/c1-31-24-11-6-15(12-20(24)27)13-23-26-25(18-4-2-3-5-21(18)30-26)19-14-17(28-16-7-8-16)9-10-22(19)29-23/h2-6,11-12,16-17,28,30H,7-10,13-14H2,1H3. The van der Waals surface area contributed by atoms with Crippen LogP contribution in [0.25, 0.3) is 21.8 Å². The lowest BCUT2D eigenvalue weighted by Crippen LogP contribution is -2.36. The van der Waals surface area contributed by atoms with Gasteiger partial charge in [0.2, 0.25) is 0 Å². The molecule has 2 aromatic carbocycles. The summed E-state index contributed by atoms with van der Waals surface area (Å²) in [6.45, 7) is 0. The van der Waals surface area contributed by atoms with Gasteiger partial charge in [0.05, 0.1) is 18.3 Å². The first kappa shape index (κ1) is 18.8. The normalized spacial score (nSPS) is 18.5. The molecule has 1 saturated carbocycles. The van der Waals surface area contributed by atoms with Crippen LogP contribution < -0.4 is 10.1 Å². The highest BCUT2D eigenvalue weighted by Gasteiger charge is 2.29. The SMILES string of the molecule is COc1ccc(Cc2nc3c(c4c2[nH]c2ccccc24)CC(NC2CC2)CC3)cc1F. The van der Waals surface area contributed by atoms with Crippen LogP contribution >= 0.6 is 0 Å². The molecule has 2 aromatic heterocycles. The minimum absolute atomic E-state index is 0.270. The smallest absolute Gasteiger partial charge is 0.165 e. The van der Waals surface area contributed by atoms with Crippen molar-refractivity contribution in [2.45, 2.75) is 50.6 Å². The number of ether oxygens (including phenoxy) is 1. The van der Waals surface area contributed by atoms with Crippen LogP contribution in [0.2, 0.25) is 0 Å². The third kappa shape index (κ3) is 3.37. The number of nitrogens with one attached hydrogen (secondary N) is 2. The molecule has 6 rings (SSSR count). The first-order valence-electron chi connectivity index (χ1n) is 11.2. The van der Waals surface area contributed by atoms with E-state index < -0.39 is 0 Å².